The van der Waals surface area contributed by atoms with E-state index in [4.69, 9.17) is 0 Å². The summed E-state index contributed by atoms with van der Waals surface area (Å²) in [6.07, 6.45) is 0. The second-order valence-electron chi connectivity index (χ2n) is 1.98. The fraction of sp³-hybridized carbons (Fsp3) is 1.00. The van der Waals surface area contributed by atoms with E-state index < -0.39 is 45.5 Å². The predicted molar refractivity (Wildman–Crippen MR) is 41.7 cm³/mol. The first-order valence-corrected chi connectivity index (χ1v) is 6.34. The third-order valence-electron chi connectivity index (χ3n) is 0.876. The lowest BCUT2D eigenvalue weighted by Gasteiger charge is -2.02. The second kappa shape index (κ2) is 5.53. The van der Waals surface area contributed by atoms with Gasteiger partial charge in [-0.1, -0.05) is 0 Å². The summed E-state index contributed by atoms with van der Waals surface area (Å²) in [5, 5.41) is 0. The molecule has 0 aromatic heterocycles. The molecule has 0 heterocycles. The second-order valence-corrected chi connectivity index (χ2v) is 5.12. The van der Waals surface area contributed by atoms with Crippen molar-refractivity contribution < 1.29 is 34.0 Å². The van der Waals surface area contributed by atoms with Crippen molar-refractivity contribution in [2.45, 2.75) is 0 Å². The highest BCUT2D eigenvalue weighted by Crippen LogP contribution is 1.97. The first kappa shape index (κ1) is 13.7. The molecule has 86 valence electrons. The van der Waals surface area contributed by atoms with Gasteiger partial charge in [0.2, 0.25) is 12.0 Å². The van der Waals surface area contributed by atoms with Gasteiger partial charge < -0.3 is 0 Å². The summed E-state index contributed by atoms with van der Waals surface area (Å²) >= 11 is 0. The normalized spacial score (nSPS) is 13.0. The van der Waals surface area contributed by atoms with E-state index in [9.17, 15) is 25.6 Å². The Kier molecular flexibility index (Phi) is 5.41. The summed E-state index contributed by atoms with van der Waals surface area (Å²) in [5.74, 6) is 0. The van der Waals surface area contributed by atoms with Crippen molar-refractivity contribution in [2.75, 3.05) is 25.2 Å². The number of hydrogen-bond acceptors (Lipinski definition) is 6. The first-order valence-electron chi connectivity index (χ1n) is 3.19. The van der Waals surface area contributed by atoms with E-state index in [0.29, 0.717) is 0 Å². The molecule has 0 aromatic carbocycles. The Labute approximate surface area is 80.1 Å². The van der Waals surface area contributed by atoms with Crippen LogP contribution in [0, 0.1) is 0 Å². The van der Waals surface area contributed by atoms with Gasteiger partial charge in [0.1, 0.15) is 0 Å². The molecule has 0 unspecified atom stereocenters. The molecule has 6 nitrogen and oxygen atoms in total. The summed E-state index contributed by atoms with van der Waals surface area (Å²) in [4.78, 5) is 0. The quantitative estimate of drug-likeness (QED) is 0.451. The van der Waals surface area contributed by atoms with E-state index in [1.54, 1.807) is 0 Å². The maximum absolute atomic E-state index is 11.6. The van der Waals surface area contributed by atoms with Crippen molar-refractivity contribution in [3.63, 3.8) is 0 Å². The van der Waals surface area contributed by atoms with Crippen LogP contribution in [-0.4, -0.2) is 42.1 Å². The minimum atomic E-state index is -4.28. The number of hydrogen-bond donors (Lipinski definition) is 0. The Morgan fingerprint density at radius 1 is 0.786 bits per heavy atom. The van der Waals surface area contributed by atoms with E-state index in [-0.39, 0.29) is 0 Å². The van der Waals surface area contributed by atoms with Crippen LogP contribution in [0.1, 0.15) is 0 Å². The van der Waals surface area contributed by atoms with Crippen LogP contribution in [0.25, 0.3) is 0 Å². The third kappa shape index (κ3) is 6.18. The van der Waals surface area contributed by atoms with Gasteiger partial charge in [-0.15, -0.1) is 0 Å². The fourth-order valence-electron chi connectivity index (χ4n) is 0.385. The van der Waals surface area contributed by atoms with Crippen molar-refractivity contribution in [3.05, 3.63) is 0 Å². The van der Waals surface area contributed by atoms with Crippen molar-refractivity contribution in [1.82, 2.24) is 0 Å². The first-order chi connectivity index (χ1) is 6.33. The van der Waals surface area contributed by atoms with Crippen LogP contribution in [0.3, 0.4) is 0 Å². The highest BCUT2D eigenvalue weighted by Gasteiger charge is 2.13. The molecule has 0 aromatic rings. The lowest BCUT2D eigenvalue weighted by molar-refractivity contribution is 0.219. The molecule has 0 amide bonds. The number of rotatable bonds is 7. The minimum absolute atomic E-state index is 0.689. The third-order valence-corrected chi connectivity index (χ3v) is 2.46. The summed E-state index contributed by atoms with van der Waals surface area (Å²) in [6.45, 7) is -1.38. The molecule has 0 saturated carbocycles. The number of alkyl halides is 2. The van der Waals surface area contributed by atoms with Crippen molar-refractivity contribution in [2.24, 2.45) is 0 Å². The Hall–Kier alpha value is -0.320. The molecule has 0 aliphatic heterocycles. The van der Waals surface area contributed by atoms with E-state index >= 15 is 0 Å². The van der Waals surface area contributed by atoms with Gasteiger partial charge in [-0.25, -0.2) is 8.78 Å². The Bertz CT molecular complexity index is 310. The molecule has 0 fully saturated rings. The van der Waals surface area contributed by atoms with Gasteiger partial charge in [0.25, 0.3) is 20.2 Å². The molecule has 0 atom stereocenters. The van der Waals surface area contributed by atoms with Crippen LogP contribution in [0.4, 0.5) is 8.78 Å². The van der Waals surface area contributed by atoms with E-state index in [2.05, 4.69) is 8.37 Å². The van der Waals surface area contributed by atoms with E-state index in [1.165, 1.54) is 0 Å². The summed E-state index contributed by atoms with van der Waals surface area (Å²) in [6, 6.07) is -3.44. The molecule has 0 spiro atoms. The van der Waals surface area contributed by atoms with Gasteiger partial charge in [0.05, 0.1) is 13.2 Å². The van der Waals surface area contributed by atoms with E-state index in [1.807, 2.05) is 0 Å². The standard InChI is InChI=1S/C4H8F2O6S2/c5-3-13(7,8)11-1-2-12-14(9,10)4-6/h1-4H2. The molecule has 0 bridgehead atoms. The summed E-state index contributed by atoms with van der Waals surface area (Å²) in [5.41, 5.74) is 0. The zero-order valence-corrected chi connectivity index (χ0v) is 8.48. The van der Waals surface area contributed by atoms with Gasteiger partial charge in [-0.05, 0) is 0 Å². The van der Waals surface area contributed by atoms with Crippen LogP contribution >= 0.6 is 0 Å². The van der Waals surface area contributed by atoms with Gasteiger partial charge in [0, 0.05) is 0 Å². The monoisotopic (exact) mass is 254 g/mol. The lowest BCUT2D eigenvalue weighted by Crippen LogP contribution is -2.15. The van der Waals surface area contributed by atoms with Crippen molar-refractivity contribution in [3.8, 4) is 0 Å². The molecule has 0 aliphatic rings. The van der Waals surface area contributed by atoms with Gasteiger partial charge in [-0.2, -0.15) is 16.8 Å². The Morgan fingerprint density at radius 3 is 1.29 bits per heavy atom. The zero-order valence-electron chi connectivity index (χ0n) is 6.85. The maximum atomic E-state index is 11.6. The zero-order chi connectivity index (χ0) is 11.2. The van der Waals surface area contributed by atoms with E-state index in [0.717, 1.165) is 0 Å². The molecule has 0 saturated heterocycles. The van der Waals surface area contributed by atoms with Crippen LogP contribution in [0.15, 0.2) is 0 Å². The Morgan fingerprint density at radius 2 is 1.07 bits per heavy atom. The van der Waals surface area contributed by atoms with Crippen molar-refractivity contribution >= 4 is 20.2 Å². The molecule has 14 heavy (non-hydrogen) atoms. The van der Waals surface area contributed by atoms with Crippen LogP contribution in [0.5, 0.6) is 0 Å². The lowest BCUT2D eigenvalue weighted by atomic mass is 10.8. The minimum Gasteiger partial charge on any atom is -0.266 e. The van der Waals surface area contributed by atoms with Gasteiger partial charge in [0.15, 0.2) is 0 Å². The van der Waals surface area contributed by atoms with Gasteiger partial charge in [-0.3, -0.25) is 8.37 Å². The average Bonchev–Trinajstić information content (AvgIpc) is 2.13. The summed E-state index contributed by atoms with van der Waals surface area (Å²) in [7, 11) is -8.56. The number of halogens is 2. The Balaban J connectivity index is 3.79. The smallest absolute Gasteiger partial charge is 0.266 e. The fourth-order valence-corrected chi connectivity index (χ4v) is 1.15. The SMILES string of the molecule is O=S(=O)(CF)OCCOS(=O)(=O)CF. The molecular weight excluding hydrogens is 246 g/mol. The van der Waals surface area contributed by atoms with Crippen molar-refractivity contribution in [1.29, 1.82) is 0 Å². The maximum Gasteiger partial charge on any atom is 0.297 e. The molecule has 0 aliphatic carbocycles. The highest BCUT2D eigenvalue weighted by molar-refractivity contribution is 7.86. The molecule has 0 radical (unpaired) electrons. The molecular formula is C4H8F2O6S2. The van der Waals surface area contributed by atoms with Crippen LogP contribution in [0.2, 0.25) is 0 Å². The van der Waals surface area contributed by atoms with Gasteiger partial charge >= 0.3 is 0 Å². The summed E-state index contributed by atoms with van der Waals surface area (Å²) < 4.78 is 72.2. The average molecular weight is 254 g/mol. The molecule has 0 N–H and O–H groups in total. The molecule has 10 heteroatoms. The highest BCUT2D eigenvalue weighted by atomic mass is 32.2. The topological polar surface area (TPSA) is 86.7 Å². The van der Waals surface area contributed by atoms with Crippen LogP contribution < -0.4 is 0 Å². The molecule has 0 rings (SSSR count). The largest absolute Gasteiger partial charge is 0.297 e. The van der Waals surface area contributed by atoms with Crippen LogP contribution in [-0.2, 0) is 28.6 Å². The predicted octanol–water partition coefficient (Wildman–Crippen LogP) is -0.467.